The van der Waals surface area contributed by atoms with Crippen LogP contribution in [-0.4, -0.2) is 20.3 Å². The van der Waals surface area contributed by atoms with E-state index in [1.807, 2.05) is 18.4 Å². The molecule has 0 saturated heterocycles. The molecule has 2 unspecified atom stereocenters. The van der Waals surface area contributed by atoms with Gasteiger partial charge in [-0.05, 0) is 31.5 Å². The van der Waals surface area contributed by atoms with Crippen LogP contribution in [0.3, 0.4) is 0 Å². The Bertz CT molecular complexity index is 327. The number of hydrogen-bond donors (Lipinski definition) is 1. The highest BCUT2D eigenvalue weighted by molar-refractivity contribution is 7.12. The lowest BCUT2D eigenvalue weighted by Gasteiger charge is -2.35. The van der Waals surface area contributed by atoms with Crippen LogP contribution < -0.4 is 5.32 Å². The van der Waals surface area contributed by atoms with Crippen LogP contribution in [0.25, 0.3) is 0 Å². The van der Waals surface area contributed by atoms with Gasteiger partial charge in [-0.3, -0.25) is 0 Å². The van der Waals surface area contributed by atoms with E-state index in [0.29, 0.717) is 0 Å². The Hall–Kier alpha value is -0.380. The molecule has 0 saturated carbocycles. The molecule has 0 aromatic carbocycles. The Labute approximate surface area is 103 Å². The van der Waals surface area contributed by atoms with E-state index >= 15 is 0 Å². The van der Waals surface area contributed by atoms with Gasteiger partial charge in [0.15, 0.2) is 0 Å². The van der Waals surface area contributed by atoms with Crippen molar-refractivity contribution in [1.29, 1.82) is 0 Å². The summed E-state index contributed by atoms with van der Waals surface area (Å²) in [7, 11) is 3.79. The molecule has 1 N–H and O–H groups in total. The van der Waals surface area contributed by atoms with E-state index in [2.05, 4.69) is 45.1 Å². The molecular weight excluding hydrogens is 218 g/mol. The van der Waals surface area contributed by atoms with E-state index in [1.54, 1.807) is 7.11 Å². The molecule has 2 nitrogen and oxygen atoms in total. The van der Waals surface area contributed by atoms with Crippen molar-refractivity contribution in [2.45, 2.75) is 39.8 Å². The zero-order valence-corrected chi connectivity index (χ0v) is 11.9. The molecule has 92 valence electrons. The number of likely N-dealkylation sites (N-methyl/N-ethyl adjacent to an activating group) is 1. The fourth-order valence-electron chi connectivity index (χ4n) is 2.05. The minimum absolute atomic E-state index is 0.125. The molecule has 0 aliphatic rings. The van der Waals surface area contributed by atoms with Gasteiger partial charge in [0.25, 0.3) is 0 Å². The molecule has 1 aromatic heterocycles. The number of methoxy groups -OCH3 is 1. The first-order valence-corrected chi connectivity index (χ1v) is 6.48. The largest absolute Gasteiger partial charge is 0.379 e. The first kappa shape index (κ1) is 13.7. The summed E-state index contributed by atoms with van der Waals surface area (Å²) in [6.45, 7) is 8.78. The van der Waals surface area contributed by atoms with E-state index in [0.717, 1.165) is 0 Å². The van der Waals surface area contributed by atoms with Crippen molar-refractivity contribution in [1.82, 2.24) is 5.32 Å². The average molecular weight is 241 g/mol. The van der Waals surface area contributed by atoms with Crippen molar-refractivity contribution < 1.29 is 4.74 Å². The second kappa shape index (κ2) is 5.30. The number of thiophene rings is 1. The van der Waals surface area contributed by atoms with E-state index in [1.165, 1.54) is 9.75 Å². The molecule has 0 bridgehead atoms. The van der Waals surface area contributed by atoms with E-state index in [9.17, 15) is 0 Å². The lowest BCUT2D eigenvalue weighted by atomic mass is 9.84. The van der Waals surface area contributed by atoms with Gasteiger partial charge in [-0.2, -0.15) is 0 Å². The maximum atomic E-state index is 5.68. The summed E-state index contributed by atoms with van der Waals surface area (Å²) in [5.41, 5.74) is 0.125. The molecule has 0 fully saturated rings. The van der Waals surface area contributed by atoms with Gasteiger partial charge in [0.1, 0.15) is 0 Å². The summed E-state index contributed by atoms with van der Waals surface area (Å²) in [6, 6.07) is 4.63. The minimum atomic E-state index is 0.125. The van der Waals surface area contributed by atoms with Gasteiger partial charge in [0, 0.05) is 16.9 Å². The zero-order chi connectivity index (χ0) is 12.3. The number of ether oxygens (including phenoxy) is 1. The van der Waals surface area contributed by atoms with Crippen molar-refractivity contribution in [3.63, 3.8) is 0 Å². The molecule has 1 heterocycles. The van der Waals surface area contributed by atoms with Crippen LogP contribution in [-0.2, 0) is 4.74 Å². The third-order valence-electron chi connectivity index (χ3n) is 2.79. The predicted octanol–water partition coefficient (Wildman–Crippen LogP) is 3.38. The Morgan fingerprint density at radius 3 is 2.25 bits per heavy atom. The summed E-state index contributed by atoms with van der Waals surface area (Å²) in [5.74, 6) is 0. The fourth-order valence-corrected chi connectivity index (χ4v) is 3.07. The van der Waals surface area contributed by atoms with Crippen molar-refractivity contribution in [3.05, 3.63) is 21.9 Å². The Morgan fingerprint density at radius 1 is 1.31 bits per heavy atom. The van der Waals surface area contributed by atoms with Crippen molar-refractivity contribution >= 4 is 11.3 Å². The maximum Gasteiger partial charge on any atom is 0.0821 e. The summed E-state index contributed by atoms with van der Waals surface area (Å²) in [5, 5.41) is 3.37. The molecule has 1 rings (SSSR count). The normalized spacial score (nSPS) is 16.1. The number of hydrogen-bond acceptors (Lipinski definition) is 3. The maximum absolute atomic E-state index is 5.68. The zero-order valence-electron chi connectivity index (χ0n) is 11.1. The van der Waals surface area contributed by atoms with Crippen LogP contribution in [0.4, 0.5) is 0 Å². The van der Waals surface area contributed by atoms with Gasteiger partial charge in [-0.25, -0.2) is 0 Å². The van der Waals surface area contributed by atoms with Crippen LogP contribution in [0.5, 0.6) is 0 Å². The SMILES string of the molecule is CNC(c1ccc(C)s1)C(OC)C(C)(C)C. The summed E-state index contributed by atoms with van der Waals surface area (Å²) in [6.07, 6.45) is 0.176. The van der Waals surface area contributed by atoms with Crippen molar-refractivity contribution in [2.75, 3.05) is 14.2 Å². The molecule has 1 aromatic rings. The molecular formula is C13H23NOS. The predicted molar refractivity (Wildman–Crippen MR) is 71.1 cm³/mol. The lowest BCUT2D eigenvalue weighted by molar-refractivity contribution is -0.00929. The number of rotatable bonds is 4. The third kappa shape index (κ3) is 3.06. The minimum Gasteiger partial charge on any atom is -0.379 e. The van der Waals surface area contributed by atoms with Gasteiger partial charge in [-0.1, -0.05) is 20.8 Å². The highest BCUT2D eigenvalue weighted by Gasteiger charge is 2.33. The lowest BCUT2D eigenvalue weighted by Crippen LogP contribution is -2.39. The quantitative estimate of drug-likeness (QED) is 0.872. The van der Waals surface area contributed by atoms with Crippen LogP contribution in [0.1, 0.15) is 36.6 Å². The summed E-state index contributed by atoms with van der Waals surface area (Å²) >= 11 is 1.84. The molecule has 3 heteroatoms. The van der Waals surface area contributed by atoms with Crippen LogP contribution >= 0.6 is 11.3 Å². The fraction of sp³-hybridized carbons (Fsp3) is 0.692. The smallest absolute Gasteiger partial charge is 0.0821 e. The molecule has 0 spiro atoms. The van der Waals surface area contributed by atoms with Gasteiger partial charge in [-0.15, -0.1) is 11.3 Å². The second-order valence-corrected chi connectivity index (χ2v) is 6.56. The Kier molecular flexibility index (Phi) is 4.53. The molecule has 0 radical (unpaired) electrons. The van der Waals surface area contributed by atoms with Crippen LogP contribution in [0.2, 0.25) is 0 Å². The van der Waals surface area contributed by atoms with Crippen LogP contribution in [0, 0.1) is 12.3 Å². The average Bonchev–Trinajstić information content (AvgIpc) is 2.58. The monoisotopic (exact) mass is 241 g/mol. The first-order chi connectivity index (χ1) is 7.40. The molecule has 16 heavy (non-hydrogen) atoms. The van der Waals surface area contributed by atoms with E-state index in [4.69, 9.17) is 4.74 Å². The summed E-state index contributed by atoms with van der Waals surface area (Å²) < 4.78 is 5.68. The second-order valence-electron chi connectivity index (χ2n) is 5.24. The van der Waals surface area contributed by atoms with Crippen LogP contribution in [0.15, 0.2) is 12.1 Å². The Balaban J connectivity index is 2.96. The van der Waals surface area contributed by atoms with Gasteiger partial charge >= 0.3 is 0 Å². The van der Waals surface area contributed by atoms with Gasteiger partial charge in [0.2, 0.25) is 0 Å². The highest BCUT2D eigenvalue weighted by atomic mass is 32.1. The van der Waals surface area contributed by atoms with Gasteiger partial charge < -0.3 is 10.1 Å². The Morgan fingerprint density at radius 2 is 1.94 bits per heavy atom. The van der Waals surface area contributed by atoms with E-state index < -0.39 is 0 Å². The highest BCUT2D eigenvalue weighted by Crippen LogP contribution is 2.34. The molecule has 0 aliphatic carbocycles. The third-order valence-corrected chi connectivity index (χ3v) is 3.87. The topological polar surface area (TPSA) is 21.3 Å². The van der Waals surface area contributed by atoms with Gasteiger partial charge in [0.05, 0.1) is 12.1 Å². The van der Waals surface area contributed by atoms with Crippen molar-refractivity contribution in [3.8, 4) is 0 Å². The number of aryl methyl sites for hydroxylation is 1. The van der Waals surface area contributed by atoms with E-state index in [-0.39, 0.29) is 17.6 Å². The standard InChI is InChI=1S/C13H23NOS/c1-9-7-8-10(16-9)11(14-5)12(15-6)13(2,3)4/h7-8,11-12,14H,1-6H3. The number of nitrogens with one attached hydrogen (secondary N) is 1. The molecule has 0 aliphatic heterocycles. The molecule has 0 amide bonds. The first-order valence-electron chi connectivity index (χ1n) is 5.66. The van der Waals surface area contributed by atoms with Crippen molar-refractivity contribution in [2.24, 2.45) is 5.41 Å². The summed E-state index contributed by atoms with van der Waals surface area (Å²) in [4.78, 5) is 2.70. The molecule has 2 atom stereocenters.